The SMILES string of the molecule is Fc1ccc(F)c2c1C1=NC2=Nc2c3c(F)ccc(F)c3c3[n]2[Pb][n]2c(c4c(F)ccc(F)c4c2=NC2=NC(=N3)c3c(F)ccc(F)c32)=N1. The predicted molar refractivity (Wildman–Crippen MR) is 161 cm³/mol. The van der Waals surface area contributed by atoms with Crippen LogP contribution in [0.5, 0.6) is 0 Å². The van der Waals surface area contributed by atoms with Gasteiger partial charge >= 0.3 is 279 Å². The summed E-state index contributed by atoms with van der Waals surface area (Å²) in [5.41, 5.74) is -2.52. The molecule has 10 rings (SSSR count). The van der Waals surface area contributed by atoms with Crippen molar-refractivity contribution in [2.75, 3.05) is 0 Å². The van der Waals surface area contributed by atoms with E-state index in [1.54, 1.807) is 0 Å². The summed E-state index contributed by atoms with van der Waals surface area (Å²) < 4.78 is 128. The summed E-state index contributed by atoms with van der Waals surface area (Å²) in [4.78, 5) is 26.3. The van der Waals surface area contributed by atoms with Crippen molar-refractivity contribution in [3.63, 3.8) is 0 Å². The number of fused-ring (bicyclic) bond motifs is 14. The summed E-state index contributed by atoms with van der Waals surface area (Å²) in [6.07, 6.45) is 0. The third kappa shape index (κ3) is 3.66. The molecule has 4 aliphatic heterocycles. The monoisotopic (exact) mass is 864 g/mol. The Morgan fingerprint density at radius 1 is 0.347 bits per heavy atom. The van der Waals surface area contributed by atoms with Crippen LogP contribution in [0.4, 0.5) is 46.8 Å². The van der Waals surface area contributed by atoms with Crippen molar-refractivity contribution in [1.82, 2.24) is 4.75 Å². The quantitative estimate of drug-likeness (QED) is 0.141. The van der Waals surface area contributed by atoms with Gasteiger partial charge in [0.25, 0.3) is 0 Å². The number of aliphatic imine (C=N–C) groups is 4. The first-order chi connectivity index (χ1) is 23.6. The van der Waals surface area contributed by atoms with E-state index in [0.717, 1.165) is 48.5 Å². The molecular weight excluding hydrogens is 856 g/mol. The van der Waals surface area contributed by atoms with Crippen LogP contribution in [0, 0.1) is 46.5 Å². The van der Waals surface area contributed by atoms with Gasteiger partial charge in [-0.05, 0) is 0 Å². The fourth-order valence-electron chi connectivity index (χ4n) is 6.47. The molecule has 2 radical (unpaired) electrons. The molecule has 0 amide bonds. The number of amidine groups is 4. The Labute approximate surface area is 278 Å². The molecule has 0 aliphatic carbocycles. The molecule has 236 valence electrons. The predicted octanol–water partition coefficient (Wildman–Crippen LogP) is 5.58. The van der Waals surface area contributed by atoms with Crippen molar-refractivity contribution in [3.05, 3.63) is 128 Å². The van der Waals surface area contributed by atoms with Gasteiger partial charge < -0.3 is 0 Å². The molecule has 6 heterocycles. The van der Waals surface area contributed by atoms with Gasteiger partial charge in [-0.2, -0.15) is 0 Å². The molecule has 8 nitrogen and oxygen atoms in total. The number of halogens is 8. The molecule has 0 saturated carbocycles. The van der Waals surface area contributed by atoms with E-state index in [0.29, 0.717) is 0 Å². The average molecular weight is 864 g/mol. The fourth-order valence-corrected chi connectivity index (χ4v) is 11.2. The molecule has 49 heavy (non-hydrogen) atoms. The van der Waals surface area contributed by atoms with E-state index in [4.69, 9.17) is 0 Å². The van der Waals surface area contributed by atoms with Gasteiger partial charge in [-0.1, -0.05) is 0 Å². The van der Waals surface area contributed by atoms with Crippen molar-refractivity contribution in [1.29, 1.82) is 0 Å². The first kappa shape index (κ1) is 28.6. The Hall–Kier alpha value is -5.40. The van der Waals surface area contributed by atoms with E-state index in [1.807, 2.05) is 0 Å². The number of rotatable bonds is 0. The molecule has 0 N–H and O–H groups in total. The Morgan fingerprint density at radius 2 is 0.653 bits per heavy atom. The van der Waals surface area contributed by atoms with Gasteiger partial charge in [0, 0.05) is 0 Å². The van der Waals surface area contributed by atoms with E-state index < -0.39 is 139 Å². The molecule has 0 fully saturated rings. The molecule has 4 aliphatic rings. The van der Waals surface area contributed by atoms with Crippen LogP contribution in [-0.2, 0) is 0 Å². The molecule has 2 aromatic heterocycles. The van der Waals surface area contributed by atoms with Crippen molar-refractivity contribution in [2.24, 2.45) is 30.0 Å². The number of nitrogens with zero attached hydrogens (tertiary/aromatic N) is 8. The molecule has 17 heteroatoms. The third-order valence-corrected chi connectivity index (χ3v) is 13.4. The maximum atomic E-state index is 15.9. The molecule has 4 aromatic carbocycles. The minimum atomic E-state index is -3.24. The van der Waals surface area contributed by atoms with Crippen molar-refractivity contribution in [3.8, 4) is 0 Å². The van der Waals surface area contributed by atoms with E-state index in [1.165, 1.54) is 4.75 Å². The summed E-state index contributed by atoms with van der Waals surface area (Å²) in [7, 11) is 0. The fraction of sp³-hybridized carbons (Fsp3) is 0. The number of aromatic nitrogens is 2. The molecular formula is C32H8F8N8Pb. The van der Waals surface area contributed by atoms with E-state index in [9.17, 15) is 0 Å². The van der Waals surface area contributed by atoms with Gasteiger partial charge in [-0.25, -0.2) is 0 Å². The summed E-state index contributed by atoms with van der Waals surface area (Å²) in [5.74, 6) is -10.4. The zero-order chi connectivity index (χ0) is 33.6. The number of hydrogen-bond acceptors (Lipinski definition) is 6. The Morgan fingerprint density at radius 3 is 1.02 bits per heavy atom. The van der Waals surface area contributed by atoms with Crippen LogP contribution in [0.1, 0.15) is 22.3 Å². The summed E-state index contributed by atoms with van der Waals surface area (Å²) in [6.45, 7) is 0. The second kappa shape index (κ2) is 9.61. The first-order valence-electron chi connectivity index (χ1n) is 14.2. The summed E-state index contributed by atoms with van der Waals surface area (Å²) >= 11 is -3.24. The molecule has 0 unspecified atom stereocenters. The van der Waals surface area contributed by atoms with Gasteiger partial charge in [0.1, 0.15) is 0 Å². The third-order valence-electron chi connectivity index (χ3n) is 8.52. The summed E-state index contributed by atoms with van der Waals surface area (Å²) in [6, 6.07) is 6.58. The van der Waals surface area contributed by atoms with Crippen LogP contribution in [-0.4, -0.2) is 52.9 Å². The standard InChI is InChI=1S/C32H8F8N8.Pb/c33-9-1-2-10(34)18-17(9)25-41-26(18)46-28-21-13(37)5-6-14(38)22(21)30(43-28)48-32-24-16(40)8-7-15(39)23(24)31(44-32)47-29-20-12(36)4-3-11(35)19(20)27(42-29)45-25;/h1-8H;/q-2;+2. The van der Waals surface area contributed by atoms with Crippen molar-refractivity contribution >= 4 is 81.4 Å². The minimum absolute atomic E-state index is 0.343. The number of benzene rings is 4. The van der Waals surface area contributed by atoms with Crippen molar-refractivity contribution < 1.29 is 35.1 Å². The summed E-state index contributed by atoms with van der Waals surface area (Å²) in [5, 5.41) is -1.80. The van der Waals surface area contributed by atoms with Gasteiger partial charge in [-0.3, -0.25) is 0 Å². The zero-order valence-electron chi connectivity index (χ0n) is 23.7. The second-order valence-corrected chi connectivity index (χ2v) is 15.4. The van der Waals surface area contributed by atoms with Gasteiger partial charge in [0.15, 0.2) is 0 Å². The molecule has 6 aromatic rings. The van der Waals surface area contributed by atoms with Crippen LogP contribution in [0.2, 0.25) is 0 Å². The number of hydrogen-bond donors (Lipinski definition) is 0. The average Bonchev–Trinajstić information content (AvgIpc) is 3.79. The van der Waals surface area contributed by atoms with Crippen molar-refractivity contribution in [2.45, 2.75) is 0 Å². The van der Waals surface area contributed by atoms with E-state index >= 15 is 35.1 Å². The molecule has 6 bridgehead atoms. The van der Waals surface area contributed by atoms with Gasteiger partial charge in [-0.15, -0.1) is 0 Å². The van der Waals surface area contributed by atoms with Crippen LogP contribution < -0.4 is 11.0 Å². The van der Waals surface area contributed by atoms with Crippen LogP contribution in [0.15, 0.2) is 78.5 Å². The van der Waals surface area contributed by atoms with Crippen LogP contribution >= 0.6 is 0 Å². The van der Waals surface area contributed by atoms with E-state index in [-0.39, 0.29) is 22.6 Å². The Balaban J connectivity index is 1.52. The normalized spacial score (nSPS) is 15.3. The van der Waals surface area contributed by atoms with Crippen LogP contribution in [0.25, 0.3) is 21.5 Å². The maximum absolute atomic E-state index is 15.9. The topological polar surface area (TPSA) is 84.0 Å². The van der Waals surface area contributed by atoms with Gasteiger partial charge in [0.2, 0.25) is 0 Å². The van der Waals surface area contributed by atoms with Crippen LogP contribution in [0.3, 0.4) is 0 Å². The molecule has 0 spiro atoms. The van der Waals surface area contributed by atoms with E-state index in [2.05, 4.69) is 30.0 Å². The van der Waals surface area contributed by atoms with Gasteiger partial charge in [0.05, 0.1) is 0 Å². The second-order valence-electron chi connectivity index (χ2n) is 11.1. The first-order valence-corrected chi connectivity index (χ1v) is 17.7. The zero-order valence-corrected chi connectivity index (χ0v) is 27.6. The Kier molecular flexibility index (Phi) is 5.61. The Bertz CT molecular complexity index is 2710. The molecule has 0 atom stereocenters. The molecule has 0 saturated heterocycles.